The van der Waals surface area contributed by atoms with Crippen LogP contribution in [0.15, 0.2) is 18.2 Å². The third-order valence-corrected chi connectivity index (χ3v) is 5.08. The van der Waals surface area contributed by atoms with Crippen LogP contribution in [0.4, 0.5) is 5.69 Å². The first-order valence-electron chi connectivity index (χ1n) is 7.98. The second-order valence-corrected chi connectivity index (χ2v) is 6.54. The lowest BCUT2D eigenvalue weighted by Gasteiger charge is -2.29. The van der Waals surface area contributed by atoms with E-state index in [4.69, 9.17) is 5.73 Å². The highest BCUT2D eigenvalue weighted by atomic mass is 16.3. The van der Waals surface area contributed by atoms with E-state index in [9.17, 15) is 5.11 Å². The summed E-state index contributed by atoms with van der Waals surface area (Å²) in [4.78, 5) is 4.61. The van der Waals surface area contributed by atoms with Crippen molar-refractivity contribution in [3.8, 4) is 0 Å². The molecule has 1 atom stereocenters. The molecule has 1 aromatic heterocycles. The molecule has 2 aromatic rings. The van der Waals surface area contributed by atoms with Gasteiger partial charge in [-0.3, -0.25) is 0 Å². The first kappa shape index (κ1) is 14.4. The molecule has 0 bridgehead atoms. The van der Waals surface area contributed by atoms with Crippen molar-refractivity contribution in [2.45, 2.75) is 58.6 Å². The van der Waals surface area contributed by atoms with E-state index in [2.05, 4.69) is 16.5 Å². The Labute approximate surface area is 126 Å². The Morgan fingerprint density at radius 3 is 2.71 bits per heavy atom. The van der Waals surface area contributed by atoms with Gasteiger partial charge in [0.25, 0.3) is 0 Å². The van der Waals surface area contributed by atoms with E-state index in [1.54, 1.807) is 6.92 Å². The number of hydrogen-bond acceptors (Lipinski definition) is 3. The van der Waals surface area contributed by atoms with Gasteiger partial charge < -0.3 is 15.4 Å². The summed E-state index contributed by atoms with van der Waals surface area (Å²) < 4.78 is 2.22. The molecule has 0 spiro atoms. The molecule has 1 unspecified atom stereocenters. The maximum Gasteiger partial charge on any atom is 0.138 e. The smallest absolute Gasteiger partial charge is 0.138 e. The molecule has 1 saturated carbocycles. The Hall–Kier alpha value is -1.55. The lowest BCUT2D eigenvalue weighted by Crippen LogP contribution is -2.24. The van der Waals surface area contributed by atoms with Crippen molar-refractivity contribution in [3.63, 3.8) is 0 Å². The largest absolute Gasteiger partial charge is 0.399 e. The molecule has 1 fully saturated rings. The number of rotatable bonds is 4. The van der Waals surface area contributed by atoms with Gasteiger partial charge in [0.1, 0.15) is 11.9 Å². The van der Waals surface area contributed by atoms with Gasteiger partial charge in [-0.15, -0.1) is 0 Å². The predicted octanol–water partition coefficient (Wildman–Crippen LogP) is 3.64. The third-order valence-electron chi connectivity index (χ3n) is 5.08. The van der Waals surface area contributed by atoms with Crippen molar-refractivity contribution >= 4 is 16.7 Å². The normalized spacial score (nSPS) is 19.2. The number of benzene rings is 1. The van der Waals surface area contributed by atoms with Gasteiger partial charge in [-0.1, -0.05) is 19.8 Å². The van der Waals surface area contributed by atoms with Crippen molar-refractivity contribution in [1.29, 1.82) is 0 Å². The maximum absolute atomic E-state index is 10.1. The molecular weight excluding hydrogens is 262 g/mol. The maximum atomic E-state index is 10.1. The Kier molecular flexibility index (Phi) is 3.66. The third kappa shape index (κ3) is 2.53. The molecule has 4 heteroatoms. The summed E-state index contributed by atoms with van der Waals surface area (Å²) in [6.07, 6.45) is 5.80. The van der Waals surface area contributed by atoms with Crippen LogP contribution in [0.1, 0.15) is 57.9 Å². The van der Waals surface area contributed by atoms with Crippen LogP contribution in [0.3, 0.4) is 0 Å². The molecule has 3 N–H and O–H groups in total. The highest BCUT2D eigenvalue weighted by molar-refractivity contribution is 5.79. The summed E-state index contributed by atoms with van der Waals surface area (Å²) in [6, 6.07) is 5.84. The summed E-state index contributed by atoms with van der Waals surface area (Å²) in [6.45, 7) is 5.02. The fourth-order valence-corrected chi connectivity index (χ4v) is 3.73. The van der Waals surface area contributed by atoms with Crippen molar-refractivity contribution in [2.24, 2.45) is 5.41 Å². The van der Waals surface area contributed by atoms with Gasteiger partial charge in [0.05, 0.1) is 11.0 Å². The van der Waals surface area contributed by atoms with Gasteiger partial charge in [0.2, 0.25) is 0 Å². The monoisotopic (exact) mass is 287 g/mol. The zero-order valence-corrected chi connectivity index (χ0v) is 13.0. The molecule has 4 nitrogen and oxygen atoms in total. The number of fused-ring (bicyclic) bond motifs is 1. The Morgan fingerprint density at radius 2 is 2.10 bits per heavy atom. The summed E-state index contributed by atoms with van der Waals surface area (Å²) >= 11 is 0. The van der Waals surface area contributed by atoms with E-state index >= 15 is 0 Å². The van der Waals surface area contributed by atoms with Crippen LogP contribution in [0, 0.1) is 5.41 Å². The molecule has 0 amide bonds. The highest BCUT2D eigenvalue weighted by Crippen LogP contribution is 2.43. The fraction of sp³-hybridized carbons (Fsp3) is 0.588. The van der Waals surface area contributed by atoms with Gasteiger partial charge in [-0.05, 0) is 49.8 Å². The fourth-order valence-electron chi connectivity index (χ4n) is 3.73. The van der Waals surface area contributed by atoms with Crippen LogP contribution in [0.25, 0.3) is 11.0 Å². The first-order valence-corrected chi connectivity index (χ1v) is 7.98. The van der Waals surface area contributed by atoms with Crippen LogP contribution < -0.4 is 5.73 Å². The number of imidazole rings is 1. The summed E-state index contributed by atoms with van der Waals surface area (Å²) in [7, 11) is 0. The molecule has 1 aliphatic rings. The first-order chi connectivity index (χ1) is 10.0. The van der Waals surface area contributed by atoms with E-state index in [-0.39, 0.29) is 0 Å². The number of nitrogen functional groups attached to an aromatic ring is 1. The molecule has 1 aromatic carbocycles. The van der Waals surface area contributed by atoms with Crippen LogP contribution in [0.2, 0.25) is 0 Å². The lowest BCUT2D eigenvalue weighted by atomic mass is 9.83. The van der Waals surface area contributed by atoms with Crippen LogP contribution >= 0.6 is 0 Å². The SMILES string of the molecule is CCC1(Cn2c(C(C)O)nc3cc(N)ccc32)CCCC1. The van der Waals surface area contributed by atoms with E-state index in [1.807, 2.05) is 18.2 Å². The second-order valence-electron chi connectivity index (χ2n) is 6.54. The minimum absolute atomic E-state index is 0.360. The van der Waals surface area contributed by atoms with E-state index < -0.39 is 6.10 Å². The average molecular weight is 287 g/mol. The molecule has 21 heavy (non-hydrogen) atoms. The molecular formula is C17H25N3O. The van der Waals surface area contributed by atoms with Crippen molar-refractivity contribution in [1.82, 2.24) is 9.55 Å². The number of aromatic nitrogens is 2. The van der Waals surface area contributed by atoms with Gasteiger partial charge in [0.15, 0.2) is 0 Å². The van der Waals surface area contributed by atoms with Gasteiger partial charge in [0, 0.05) is 12.2 Å². The lowest BCUT2D eigenvalue weighted by molar-refractivity contribution is 0.172. The van der Waals surface area contributed by atoms with Gasteiger partial charge >= 0.3 is 0 Å². The number of anilines is 1. The van der Waals surface area contributed by atoms with Gasteiger partial charge in [-0.25, -0.2) is 4.98 Å². The minimum Gasteiger partial charge on any atom is -0.399 e. The molecule has 0 radical (unpaired) electrons. The Balaban J connectivity index is 2.09. The van der Waals surface area contributed by atoms with Crippen molar-refractivity contribution in [3.05, 3.63) is 24.0 Å². The number of hydrogen-bond donors (Lipinski definition) is 2. The van der Waals surface area contributed by atoms with Crippen LogP contribution in [-0.4, -0.2) is 14.7 Å². The highest BCUT2D eigenvalue weighted by Gasteiger charge is 2.33. The summed E-state index contributed by atoms with van der Waals surface area (Å²) in [5, 5.41) is 10.1. The molecule has 0 aliphatic heterocycles. The summed E-state index contributed by atoms with van der Waals surface area (Å²) in [5.74, 6) is 0.760. The van der Waals surface area contributed by atoms with E-state index in [1.165, 1.54) is 32.1 Å². The number of nitrogens with two attached hydrogens (primary N) is 1. The van der Waals surface area contributed by atoms with E-state index in [0.717, 1.165) is 29.1 Å². The topological polar surface area (TPSA) is 64.1 Å². The van der Waals surface area contributed by atoms with Crippen LogP contribution in [-0.2, 0) is 6.54 Å². The number of aliphatic hydroxyl groups excluding tert-OH is 1. The Bertz CT molecular complexity index is 639. The van der Waals surface area contributed by atoms with E-state index in [0.29, 0.717) is 5.41 Å². The molecule has 1 heterocycles. The van der Waals surface area contributed by atoms with Crippen LogP contribution in [0.5, 0.6) is 0 Å². The zero-order chi connectivity index (χ0) is 15.0. The Morgan fingerprint density at radius 1 is 1.38 bits per heavy atom. The van der Waals surface area contributed by atoms with Crippen molar-refractivity contribution in [2.75, 3.05) is 5.73 Å². The van der Waals surface area contributed by atoms with Crippen molar-refractivity contribution < 1.29 is 5.11 Å². The molecule has 1 aliphatic carbocycles. The number of nitrogens with zero attached hydrogens (tertiary/aromatic N) is 2. The molecule has 114 valence electrons. The standard InChI is InChI=1S/C17H25N3O/c1-3-17(8-4-5-9-17)11-20-15-7-6-13(18)10-14(15)19-16(20)12(2)21/h6-7,10,12,21H,3-5,8-9,11,18H2,1-2H3. The minimum atomic E-state index is -0.561. The zero-order valence-electron chi connectivity index (χ0n) is 13.0. The number of aliphatic hydroxyl groups is 1. The van der Waals surface area contributed by atoms with Gasteiger partial charge in [-0.2, -0.15) is 0 Å². The average Bonchev–Trinajstić information content (AvgIpc) is 3.05. The molecule has 0 saturated heterocycles. The summed E-state index contributed by atoms with van der Waals surface area (Å²) in [5.41, 5.74) is 8.91. The molecule has 3 rings (SSSR count). The predicted molar refractivity (Wildman–Crippen MR) is 86.0 cm³/mol. The second kappa shape index (κ2) is 5.34. The quantitative estimate of drug-likeness (QED) is 0.844.